The highest BCUT2D eigenvalue weighted by molar-refractivity contribution is 8.16. The minimum absolute atomic E-state index is 0.248. The number of rotatable bonds is 5. The Kier molecular flexibility index (Phi) is 5.49. The SMILES string of the molecule is Cc1ccccc1N1C(=O)SC(Nc2ccc(C=Cc3ccccc3)cc2)C1=O. The number of para-hydroxylation sites is 1. The zero-order valence-electron chi connectivity index (χ0n) is 15.9. The second kappa shape index (κ2) is 8.37. The lowest BCUT2D eigenvalue weighted by molar-refractivity contribution is -0.116. The van der Waals surface area contributed by atoms with E-state index in [4.69, 9.17) is 0 Å². The number of hydrogen-bond acceptors (Lipinski definition) is 4. The van der Waals surface area contributed by atoms with E-state index < -0.39 is 5.37 Å². The fourth-order valence-electron chi connectivity index (χ4n) is 3.13. The maximum atomic E-state index is 12.8. The number of carbonyl (C=O) groups excluding carboxylic acids is 2. The van der Waals surface area contributed by atoms with Gasteiger partial charge in [0.2, 0.25) is 0 Å². The highest BCUT2D eigenvalue weighted by Crippen LogP contribution is 2.34. The monoisotopic (exact) mass is 400 g/mol. The molecule has 2 amide bonds. The molecule has 0 radical (unpaired) electrons. The Hall–Kier alpha value is -3.31. The summed E-state index contributed by atoms with van der Waals surface area (Å²) in [4.78, 5) is 26.5. The van der Waals surface area contributed by atoms with Gasteiger partial charge in [-0.25, -0.2) is 4.90 Å². The molecule has 1 heterocycles. The number of imide groups is 1. The normalized spacial score (nSPS) is 16.6. The Bertz CT molecular complexity index is 1060. The minimum Gasteiger partial charge on any atom is -0.365 e. The lowest BCUT2D eigenvalue weighted by Gasteiger charge is -2.16. The molecule has 0 aliphatic carbocycles. The van der Waals surface area contributed by atoms with Crippen LogP contribution in [0.5, 0.6) is 0 Å². The Morgan fingerprint density at radius 1 is 0.828 bits per heavy atom. The van der Waals surface area contributed by atoms with Crippen molar-refractivity contribution in [2.75, 3.05) is 10.2 Å². The van der Waals surface area contributed by atoms with Gasteiger partial charge in [0.25, 0.3) is 11.1 Å². The van der Waals surface area contributed by atoms with Crippen LogP contribution < -0.4 is 10.2 Å². The van der Waals surface area contributed by atoms with Gasteiger partial charge in [-0.1, -0.05) is 72.8 Å². The third kappa shape index (κ3) is 4.25. The number of carbonyl (C=O) groups is 2. The number of anilines is 2. The molecule has 4 rings (SSSR count). The average molecular weight is 401 g/mol. The zero-order chi connectivity index (χ0) is 20.2. The number of thioether (sulfide) groups is 1. The predicted molar refractivity (Wildman–Crippen MR) is 121 cm³/mol. The number of benzene rings is 3. The smallest absolute Gasteiger partial charge is 0.295 e. The molecule has 4 nitrogen and oxygen atoms in total. The van der Waals surface area contributed by atoms with E-state index >= 15 is 0 Å². The molecule has 1 atom stereocenters. The largest absolute Gasteiger partial charge is 0.365 e. The van der Waals surface area contributed by atoms with Crippen molar-refractivity contribution in [2.24, 2.45) is 0 Å². The van der Waals surface area contributed by atoms with Crippen LogP contribution in [0.15, 0.2) is 78.9 Å². The molecule has 1 aliphatic rings. The van der Waals surface area contributed by atoms with Gasteiger partial charge in [-0.3, -0.25) is 9.59 Å². The molecular formula is C24H20N2O2S. The summed E-state index contributed by atoms with van der Waals surface area (Å²) in [7, 11) is 0. The third-order valence-electron chi connectivity index (χ3n) is 4.68. The van der Waals surface area contributed by atoms with E-state index in [1.54, 1.807) is 6.07 Å². The Morgan fingerprint density at radius 3 is 2.14 bits per heavy atom. The number of amides is 2. The van der Waals surface area contributed by atoms with Gasteiger partial charge < -0.3 is 5.32 Å². The topological polar surface area (TPSA) is 49.4 Å². The second-order valence-electron chi connectivity index (χ2n) is 6.73. The third-order valence-corrected chi connectivity index (χ3v) is 5.62. The van der Waals surface area contributed by atoms with E-state index in [2.05, 4.69) is 11.4 Å². The molecule has 0 saturated carbocycles. The van der Waals surface area contributed by atoms with Crippen LogP contribution >= 0.6 is 11.8 Å². The van der Waals surface area contributed by atoms with Crippen molar-refractivity contribution < 1.29 is 9.59 Å². The first-order valence-corrected chi connectivity index (χ1v) is 10.2. The van der Waals surface area contributed by atoms with E-state index in [1.807, 2.05) is 85.8 Å². The van der Waals surface area contributed by atoms with Gasteiger partial charge in [0.05, 0.1) is 5.69 Å². The lowest BCUT2D eigenvalue weighted by Crippen LogP contribution is -2.34. The maximum Gasteiger partial charge on any atom is 0.295 e. The average Bonchev–Trinajstić information content (AvgIpc) is 3.02. The molecule has 3 aromatic carbocycles. The van der Waals surface area contributed by atoms with E-state index in [0.717, 1.165) is 34.1 Å². The Labute approximate surface area is 174 Å². The Morgan fingerprint density at radius 2 is 1.45 bits per heavy atom. The van der Waals surface area contributed by atoms with E-state index in [-0.39, 0.29) is 11.1 Å². The van der Waals surface area contributed by atoms with Gasteiger partial charge in [-0.05, 0) is 53.6 Å². The highest BCUT2D eigenvalue weighted by atomic mass is 32.2. The number of aryl methyl sites for hydroxylation is 1. The lowest BCUT2D eigenvalue weighted by atomic mass is 10.1. The van der Waals surface area contributed by atoms with E-state index in [9.17, 15) is 9.59 Å². The van der Waals surface area contributed by atoms with Crippen molar-refractivity contribution in [3.63, 3.8) is 0 Å². The molecule has 29 heavy (non-hydrogen) atoms. The van der Waals surface area contributed by atoms with Crippen LogP contribution in [0.4, 0.5) is 16.2 Å². The van der Waals surface area contributed by atoms with Gasteiger partial charge in [0, 0.05) is 5.69 Å². The summed E-state index contributed by atoms with van der Waals surface area (Å²) < 4.78 is 0. The van der Waals surface area contributed by atoms with Crippen molar-refractivity contribution in [1.82, 2.24) is 0 Å². The molecule has 0 bridgehead atoms. The van der Waals surface area contributed by atoms with Gasteiger partial charge in [-0.15, -0.1) is 0 Å². The van der Waals surface area contributed by atoms with Crippen LogP contribution in [0.25, 0.3) is 12.2 Å². The molecule has 1 saturated heterocycles. The summed E-state index contributed by atoms with van der Waals surface area (Å²) in [6, 6.07) is 25.3. The van der Waals surface area contributed by atoms with Gasteiger partial charge in [0.1, 0.15) is 0 Å². The van der Waals surface area contributed by atoms with Crippen molar-refractivity contribution in [3.05, 3.63) is 95.6 Å². The fraction of sp³-hybridized carbons (Fsp3) is 0.0833. The summed E-state index contributed by atoms with van der Waals surface area (Å²) in [5, 5.41) is 2.28. The maximum absolute atomic E-state index is 12.8. The first-order chi connectivity index (χ1) is 14.1. The van der Waals surface area contributed by atoms with Gasteiger partial charge in [-0.2, -0.15) is 0 Å². The quantitative estimate of drug-likeness (QED) is 0.550. The van der Waals surface area contributed by atoms with Crippen LogP contribution in [-0.4, -0.2) is 16.5 Å². The number of nitrogens with one attached hydrogen (secondary N) is 1. The summed E-state index contributed by atoms with van der Waals surface area (Å²) >= 11 is 1.00. The predicted octanol–water partition coefficient (Wildman–Crippen LogP) is 5.80. The molecule has 1 unspecified atom stereocenters. The molecule has 1 aliphatic heterocycles. The first-order valence-electron chi connectivity index (χ1n) is 9.32. The molecule has 0 aromatic heterocycles. The van der Waals surface area contributed by atoms with E-state index in [1.165, 1.54) is 4.90 Å². The standard InChI is InChI=1S/C24H20N2O2S/c1-17-7-5-6-10-21(17)26-23(27)22(29-24(26)28)25-20-15-13-19(14-16-20)12-11-18-8-3-2-4-9-18/h2-16,22,25H,1H3. The summed E-state index contributed by atoms with van der Waals surface area (Å²) in [6.45, 7) is 1.89. The number of hydrogen-bond donors (Lipinski definition) is 1. The van der Waals surface area contributed by atoms with Gasteiger partial charge in [0.15, 0.2) is 5.37 Å². The molecule has 0 spiro atoms. The summed E-state index contributed by atoms with van der Waals surface area (Å²) in [5.74, 6) is -0.248. The van der Waals surface area contributed by atoms with Crippen LogP contribution in [0.3, 0.4) is 0 Å². The highest BCUT2D eigenvalue weighted by Gasteiger charge is 2.41. The molecular weight excluding hydrogens is 380 g/mol. The van der Waals surface area contributed by atoms with Crippen molar-refractivity contribution >= 4 is 46.4 Å². The van der Waals surface area contributed by atoms with Crippen LogP contribution in [0.1, 0.15) is 16.7 Å². The zero-order valence-corrected chi connectivity index (χ0v) is 16.7. The van der Waals surface area contributed by atoms with Gasteiger partial charge >= 0.3 is 0 Å². The molecule has 3 aromatic rings. The van der Waals surface area contributed by atoms with Crippen molar-refractivity contribution in [3.8, 4) is 0 Å². The summed E-state index contributed by atoms with van der Waals surface area (Å²) in [5.41, 5.74) is 4.53. The molecule has 144 valence electrons. The van der Waals surface area contributed by atoms with E-state index in [0.29, 0.717) is 5.69 Å². The van der Waals surface area contributed by atoms with Crippen LogP contribution in [0.2, 0.25) is 0 Å². The molecule has 1 fully saturated rings. The first kappa shape index (κ1) is 19.0. The minimum atomic E-state index is -0.632. The number of nitrogens with zero attached hydrogens (tertiary/aromatic N) is 1. The van der Waals surface area contributed by atoms with Crippen molar-refractivity contribution in [1.29, 1.82) is 0 Å². The Balaban J connectivity index is 1.44. The fourth-order valence-corrected chi connectivity index (χ4v) is 4.03. The van der Waals surface area contributed by atoms with Crippen LogP contribution in [0, 0.1) is 6.92 Å². The van der Waals surface area contributed by atoms with Crippen LogP contribution in [-0.2, 0) is 4.79 Å². The molecule has 5 heteroatoms. The second-order valence-corrected chi connectivity index (χ2v) is 7.79. The molecule has 1 N–H and O–H groups in total. The van der Waals surface area contributed by atoms with Crippen molar-refractivity contribution in [2.45, 2.75) is 12.3 Å². The summed E-state index contributed by atoms with van der Waals surface area (Å²) in [6.07, 6.45) is 4.09.